The quantitative estimate of drug-likeness (QED) is 0.684. The van der Waals surface area contributed by atoms with Crippen LogP contribution < -0.4 is 11.5 Å². The molecule has 0 saturated heterocycles. The van der Waals surface area contributed by atoms with Crippen molar-refractivity contribution in [3.63, 3.8) is 0 Å². The molecule has 1 aromatic rings. The van der Waals surface area contributed by atoms with Gasteiger partial charge in [0, 0.05) is 24.7 Å². The maximum atomic E-state index is 5.63. The van der Waals surface area contributed by atoms with Crippen molar-refractivity contribution >= 4 is 5.82 Å². The molecule has 1 rings (SSSR count). The number of nitrogen functional groups attached to an aromatic ring is 1. The number of anilines is 1. The Labute approximate surface area is 72.0 Å². The molecule has 0 bridgehead atoms. The van der Waals surface area contributed by atoms with Crippen molar-refractivity contribution in [3.8, 4) is 0 Å². The summed E-state index contributed by atoms with van der Waals surface area (Å²) in [4.78, 5) is 8.25. The number of hydrogen-bond donors (Lipinski definition) is 2. The van der Waals surface area contributed by atoms with Crippen molar-refractivity contribution in [2.24, 2.45) is 5.73 Å². The Bertz CT molecular complexity index is 259. The monoisotopic (exact) mass is 166 g/mol. The zero-order chi connectivity index (χ0) is 8.97. The molecule has 0 amide bonds. The number of rotatable bonds is 3. The highest BCUT2D eigenvalue weighted by atomic mass is 14.9. The second-order valence-corrected chi connectivity index (χ2v) is 2.65. The number of aryl methyl sites for hydroxylation is 1. The van der Waals surface area contributed by atoms with Crippen LogP contribution in [0.15, 0.2) is 6.20 Å². The fourth-order valence-electron chi connectivity index (χ4n) is 0.960. The molecule has 4 N–H and O–H groups in total. The largest absolute Gasteiger partial charge is 0.383 e. The highest BCUT2D eigenvalue weighted by Gasteiger charge is 2.00. The van der Waals surface area contributed by atoms with Crippen LogP contribution in [0.2, 0.25) is 0 Å². The highest BCUT2D eigenvalue weighted by molar-refractivity contribution is 5.37. The molecule has 0 aliphatic rings. The van der Waals surface area contributed by atoms with E-state index in [9.17, 15) is 0 Å². The van der Waals surface area contributed by atoms with Gasteiger partial charge in [0.25, 0.3) is 0 Å². The molecule has 12 heavy (non-hydrogen) atoms. The highest BCUT2D eigenvalue weighted by Crippen LogP contribution is 2.06. The van der Waals surface area contributed by atoms with Gasteiger partial charge >= 0.3 is 0 Å². The van der Waals surface area contributed by atoms with E-state index in [2.05, 4.69) is 16.9 Å². The van der Waals surface area contributed by atoms with Crippen molar-refractivity contribution < 1.29 is 0 Å². The SMILES string of the molecule is CCCc1ncc(CN)c(N)n1. The van der Waals surface area contributed by atoms with Gasteiger partial charge < -0.3 is 11.5 Å². The first-order valence-electron chi connectivity index (χ1n) is 4.08. The van der Waals surface area contributed by atoms with Crippen LogP contribution in [0.25, 0.3) is 0 Å². The first-order chi connectivity index (χ1) is 5.77. The predicted octanol–water partition coefficient (Wildman–Crippen LogP) is 0.470. The average molecular weight is 166 g/mol. The molecular formula is C8H14N4. The molecule has 0 aliphatic heterocycles. The maximum absolute atomic E-state index is 5.63. The van der Waals surface area contributed by atoms with Gasteiger partial charge in [-0.15, -0.1) is 0 Å². The molecule has 0 unspecified atom stereocenters. The van der Waals surface area contributed by atoms with E-state index < -0.39 is 0 Å². The molecule has 0 spiro atoms. The lowest BCUT2D eigenvalue weighted by atomic mass is 10.3. The van der Waals surface area contributed by atoms with E-state index in [4.69, 9.17) is 11.5 Å². The van der Waals surface area contributed by atoms with Gasteiger partial charge in [0.1, 0.15) is 11.6 Å². The van der Waals surface area contributed by atoms with Crippen LogP contribution in [-0.2, 0) is 13.0 Å². The Hall–Kier alpha value is -1.16. The molecule has 0 atom stereocenters. The fourth-order valence-corrected chi connectivity index (χ4v) is 0.960. The molecule has 4 nitrogen and oxygen atoms in total. The number of nitrogens with zero attached hydrogens (tertiary/aromatic N) is 2. The van der Waals surface area contributed by atoms with E-state index in [1.165, 1.54) is 0 Å². The minimum Gasteiger partial charge on any atom is -0.383 e. The molecule has 0 saturated carbocycles. The summed E-state index contributed by atoms with van der Waals surface area (Å²) in [6.07, 6.45) is 3.60. The standard InChI is InChI=1S/C8H14N4/c1-2-3-7-11-5-6(4-9)8(10)12-7/h5H,2-4,9H2,1H3,(H2,10,11,12). The number of aromatic nitrogens is 2. The summed E-state index contributed by atoms with van der Waals surface area (Å²) >= 11 is 0. The van der Waals surface area contributed by atoms with Crippen LogP contribution in [0.1, 0.15) is 24.7 Å². The van der Waals surface area contributed by atoms with Gasteiger partial charge in [-0.3, -0.25) is 0 Å². The summed E-state index contributed by atoms with van der Waals surface area (Å²) in [5.41, 5.74) is 11.9. The van der Waals surface area contributed by atoms with Gasteiger partial charge in [0.2, 0.25) is 0 Å². The summed E-state index contributed by atoms with van der Waals surface area (Å²) in [5.74, 6) is 1.31. The average Bonchev–Trinajstić information content (AvgIpc) is 2.05. The maximum Gasteiger partial charge on any atom is 0.131 e. The van der Waals surface area contributed by atoms with Crippen molar-refractivity contribution in [1.29, 1.82) is 0 Å². The van der Waals surface area contributed by atoms with E-state index in [0.29, 0.717) is 12.4 Å². The van der Waals surface area contributed by atoms with E-state index in [-0.39, 0.29) is 0 Å². The Morgan fingerprint density at radius 2 is 2.25 bits per heavy atom. The van der Waals surface area contributed by atoms with Crippen molar-refractivity contribution in [3.05, 3.63) is 17.6 Å². The minimum absolute atomic E-state index is 0.401. The van der Waals surface area contributed by atoms with E-state index in [1.54, 1.807) is 6.20 Å². The van der Waals surface area contributed by atoms with Crippen LogP contribution in [0.3, 0.4) is 0 Å². The Balaban J connectivity index is 2.86. The predicted molar refractivity (Wildman–Crippen MR) is 48.3 cm³/mol. The van der Waals surface area contributed by atoms with Crippen LogP contribution in [0.4, 0.5) is 5.82 Å². The zero-order valence-electron chi connectivity index (χ0n) is 7.25. The van der Waals surface area contributed by atoms with Crippen molar-refractivity contribution in [2.75, 3.05) is 5.73 Å². The van der Waals surface area contributed by atoms with E-state index in [1.807, 2.05) is 0 Å². The summed E-state index contributed by atoms with van der Waals surface area (Å²) in [6.45, 7) is 2.48. The molecule has 1 aromatic heterocycles. The third kappa shape index (κ3) is 1.92. The first-order valence-corrected chi connectivity index (χ1v) is 4.08. The van der Waals surface area contributed by atoms with Crippen LogP contribution in [-0.4, -0.2) is 9.97 Å². The topological polar surface area (TPSA) is 77.8 Å². The van der Waals surface area contributed by atoms with Gasteiger partial charge in [0.15, 0.2) is 0 Å². The number of nitrogens with two attached hydrogens (primary N) is 2. The molecule has 66 valence electrons. The van der Waals surface area contributed by atoms with E-state index in [0.717, 1.165) is 24.2 Å². The molecule has 0 aromatic carbocycles. The second kappa shape index (κ2) is 4.01. The molecule has 4 heteroatoms. The van der Waals surface area contributed by atoms with Crippen LogP contribution >= 0.6 is 0 Å². The second-order valence-electron chi connectivity index (χ2n) is 2.65. The Morgan fingerprint density at radius 1 is 1.50 bits per heavy atom. The summed E-state index contributed by atoms with van der Waals surface area (Å²) < 4.78 is 0. The van der Waals surface area contributed by atoms with Gasteiger partial charge in [0.05, 0.1) is 0 Å². The van der Waals surface area contributed by atoms with Gasteiger partial charge in [-0.05, 0) is 6.42 Å². The molecule has 0 fully saturated rings. The fraction of sp³-hybridized carbons (Fsp3) is 0.500. The summed E-state index contributed by atoms with van der Waals surface area (Å²) in [7, 11) is 0. The molecular weight excluding hydrogens is 152 g/mol. The lowest BCUT2D eigenvalue weighted by Gasteiger charge is -2.02. The minimum atomic E-state index is 0.401. The van der Waals surface area contributed by atoms with Gasteiger partial charge in [-0.25, -0.2) is 9.97 Å². The third-order valence-electron chi connectivity index (χ3n) is 1.64. The lowest BCUT2D eigenvalue weighted by molar-refractivity contribution is 0.828. The van der Waals surface area contributed by atoms with Gasteiger partial charge in [-0.2, -0.15) is 0 Å². The smallest absolute Gasteiger partial charge is 0.131 e. The van der Waals surface area contributed by atoms with Crippen LogP contribution in [0.5, 0.6) is 0 Å². The Kier molecular flexibility index (Phi) is 2.99. The molecule has 0 aliphatic carbocycles. The molecule has 0 radical (unpaired) electrons. The van der Waals surface area contributed by atoms with Crippen molar-refractivity contribution in [1.82, 2.24) is 9.97 Å². The molecule has 1 heterocycles. The lowest BCUT2D eigenvalue weighted by Crippen LogP contribution is -2.07. The summed E-state index contributed by atoms with van der Waals surface area (Å²) in [5, 5.41) is 0. The zero-order valence-corrected chi connectivity index (χ0v) is 7.25. The summed E-state index contributed by atoms with van der Waals surface area (Å²) in [6, 6.07) is 0. The first kappa shape index (κ1) is 8.93. The van der Waals surface area contributed by atoms with Gasteiger partial charge in [-0.1, -0.05) is 6.92 Å². The van der Waals surface area contributed by atoms with Crippen molar-refractivity contribution in [2.45, 2.75) is 26.3 Å². The normalized spacial score (nSPS) is 10.2. The van der Waals surface area contributed by atoms with E-state index >= 15 is 0 Å². The Morgan fingerprint density at radius 3 is 2.75 bits per heavy atom. The number of hydrogen-bond acceptors (Lipinski definition) is 4. The third-order valence-corrected chi connectivity index (χ3v) is 1.64. The van der Waals surface area contributed by atoms with Crippen LogP contribution in [0, 0.1) is 0 Å².